The molecule has 11 nitrogen and oxygen atoms in total. The second kappa shape index (κ2) is 7.75. The second-order valence-corrected chi connectivity index (χ2v) is 7.88. The van der Waals surface area contributed by atoms with Crippen molar-refractivity contribution >= 4 is 33.9 Å². The minimum absolute atomic E-state index is 0.0794. The standard InChI is InChI=1S/C21H24N8O3/c1-26-17-16(25-19(26)20(30)27(2)32-3)18(23-12-22-17)28-10-8-13(9-11-28)29-15-7-5-4-6-14(15)24-21(29)31/h4-7,12-13H,8-11H2,1-3H3,(H,24,31). The highest BCUT2D eigenvalue weighted by molar-refractivity contribution is 5.95. The second-order valence-electron chi connectivity index (χ2n) is 7.88. The Morgan fingerprint density at radius 2 is 1.97 bits per heavy atom. The van der Waals surface area contributed by atoms with Crippen LogP contribution in [0.15, 0.2) is 35.4 Å². The molecule has 0 saturated carbocycles. The predicted molar refractivity (Wildman–Crippen MR) is 118 cm³/mol. The lowest BCUT2D eigenvalue weighted by Crippen LogP contribution is -2.37. The molecule has 1 amide bonds. The number of piperidine rings is 1. The smallest absolute Gasteiger partial charge is 0.326 e. The number of aromatic nitrogens is 6. The number of fused-ring (bicyclic) bond motifs is 2. The van der Waals surface area contributed by atoms with Gasteiger partial charge in [-0.2, -0.15) is 0 Å². The monoisotopic (exact) mass is 436 g/mol. The van der Waals surface area contributed by atoms with E-state index in [1.54, 1.807) is 11.6 Å². The van der Waals surface area contributed by atoms with Gasteiger partial charge >= 0.3 is 11.6 Å². The molecule has 0 aliphatic carbocycles. The van der Waals surface area contributed by atoms with Gasteiger partial charge in [-0.1, -0.05) is 12.1 Å². The molecule has 1 aromatic carbocycles. The summed E-state index contributed by atoms with van der Waals surface area (Å²) in [5.74, 6) is 0.553. The predicted octanol–water partition coefficient (Wildman–Crippen LogP) is 1.48. The van der Waals surface area contributed by atoms with Crippen LogP contribution < -0.4 is 10.6 Å². The molecule has 11 heteroatoms. The molecule has 1 aliphatic rings. The number of aromatic amines is 1. The Balaban J connectivity index is 1.43. The largest absolute Gasteiger partial charge is 0.355 e. The number of hydrogen-bond donors (Lipinski definition) is 1. The van der Waals surface area contributed by atoms with Crippen LogP contribution in [0.25, 0.3) is 22.2 Å². The normalized spacial score (nSPS) is 15.0. The van der Waals surface area contributed by atoms with E-state index < -0.39 is 0 Å². The van der Waals surface area contributed by atoms with Gasteiger partial charge in [0.25, 0.3) is 0 Å². The Kier molecular flexibility index (Phi) is 4.89. The molecular formula is C21H24N8O3. The molecule has 0 radical (unpaired) electrons. The van der Waals surface area contributed by atoms with E-state index in [4.69, 9.17) is 4.84 Å². The van der Waals surface area contributed by atoms with E-state index in [1.165, 1.54) is 20.5 Å². The average molecular weight is 436 g/mol. The fourth-order valence-corrected chi connectivity index (χ4v) is 4.41. The van der Waals surface area contributed by atoms with E-state index in [0.29, 0.717) is 30.1 Å². The molecular weight excluding hydrogens is 412 g/mol. The molecule has 0 spiro atoms. The molecule has 4 aromatic rings. The molecule has 166 valence electrons. The van der Waals surface area contributed by atoms with E-state index in [-0.39, 0.29) is 23.5 Å². The molecule has 1 saturated heterocycles. The summed E-state index contributed by atoms with van der Waals surface area (Å²) in [6.07, 6.45) is 3.07. The van der Waals surface area contributed by atoms with Gasteiger partial charge in [-0.05, 0) is 25.0 Å². The van der Waals surface area contributed by atoms with Crippen LogP contribution in [0.5, 0.6) is 0 Å². The quantitative estimate of drug-likeness (QED) is 0.482. The van der Waals surface area contributed by atoms with E-state index in [0.717, 1.165) is 28.9 Å². The zero-order chi connectivity index (χ0) is 22.4. The van der Waals surface area contributed by atoms with Crippen LogP contribution in [0.2, 0.25) is 0 Å². The maximum absolute atomic E-state index is 12.6. The Bertz CT molecular complexity index is 1360. The summed E-state index contributed by atoms with van der Waals surface area (Å²) in [6, 6.07) is 7.85. The third-order valence-corrected chi connectivity index (χ3v) is 6.14. The maximum Gasteiger partial charge on any atom is 0.326 e. The van der Waals surface area contributed by atoms with Crippen molar-refractivity contribution in [2.45, 2.75) is 18.9 Å². The molecule has 32 heavy (non-hydrogen) atoms. The third-order valence-electron chi connectivity index (χ3n) is 6.14. The van der Waals surface area contributed by atoms with E-state index in [1.807, 2.05) is 28.8 Å². The highest BCUT2D eigenvalue weighted by Crippen LogP contribution is 2.30. The number of carbonyl (C=O) groups excluding carboxylic acids is 1. The van der Waals surface area contributed by atoms with Crippen molar-refractivity contribution in [3.8, 4) is 0 Å². The highest BCUT2D eigenvalue weighted by Gasteiger charge is 2.28. The van der Waals surface area contributed by atoms with Crippen molar-refractivity contribution < 1.29 is 9.63 Å². The summed E-state index contributed by atoms with van der Waals surface area (Å²) in [7, 11) is 4.71. The Morgan fingerprint density at radius 1 is 1.22 bits per heavy atom. The van der Waals surface area contributed by atoms with Gasteiger partial charge in [0.2, 0.25) is 5.82 Å². The first-order valence-corrected chi connectivity index (χ1v) is 10.4. The lowest BCUT2D eigenvalue weighted by atomic mass is 10.0. The topological polar surface area (TPSA) is 114 Å². The van der Waals surface area contributed by atoms with Gasteiger partial charge in [-0.15, -0.1) is 0 Å². The summed E-state index contributed by atoms with van der Waals surface area (Å²) in [4.78, 5) is 48.6. The minimum atomic E-state index is -0.364. The molecule has 0 atom stereocenters. The summed E-state index contributed by atoms with van der Waals surface area (Å²) in [5.41, 5.74) is 2.85. The number of aryl methyl sites for hydroxylation is 1. The summed E-state index contributed by atoms with van der Waals surface area (Å²) < 4.78 is 3.51. The van der Waals surface area contributed by atoms with Gasteiger partial charge in [-0.25, -0.2) is 24.8 Å². The number of rotatable bonds is 4. The highest BCUT2D eigenvalue weighted by atomic mass is 16.7. The van der Waals surface area contributed by atoms with Crippen LogP contribution in [-0.2, 0) is 11.9 Å². The summed E-state index contributed by atoms with van der Waals surface area (Å²) in [6.45, 7) is 1.42. The zero-order valence-corrected chi connectivity index (χ0v) is 18.1. The number of para-hydroxylation sites is 2. The fourth-order valence-electron chi connectivity index (χ4n) is 4.41. The number of amides is 1. The van der Waals surface area contributed by atoms with Crippen LogP contribution >= 0.6 is 0 Å². The Hall–Kier alpha value is -3.73. The lowest BCUT2D eigenvalue weighted by molar-refractivity contribution is -0.0765. The number of hydrogen-bond acceptors (Lipinski definition) is 7. The van der Waals surface area contributed by atoms with Crippen LogP contribution in [0.4, 0.5) is 5.82 Å². The molecule has 4 heterocycles. The van der Waals surface area contributed by atoms with Gasteiger partial charge < -0.3 is 14.5 Å². The zero-order valence-electron chi connectivity index (χ0n) is 18.1. The van der Waals surface area contributed by atoms with Crippen molar-refractivity contribution in [3.63, 3.8) is 0 Å². The number of imidazole rings is 2. The fraction of sp³-hybridized carbons (Fsp3) is 0.381. The van der Waals surface area contributed by atoms with Crippen molar-refractivity contribution in [3.05, 3.63) is 46.9 Å². The van der Waals surface area contributed by atoms with Crippen molar-refractivity contribution in [1.82, 2.24) is 34.1 Å². The molecule has 5 rings (SSSR count). The van der Waals surface area contributed by atoms with Crippen molar-refractivity contribution in [1.29, 1.82) is 0 Å². The SMILES string of the molecule is CON(C)C(=O)c1nc2c(N3CCC(n4c(=O)[nH]c5ccccc54)CC3)ncnc2n1C. The average Bonchev–Trinajstić information content (AvgIpc) is 3.34. The number of nitrogens with zero attached hydrogens (tertiary/aromatic N) is 7. The van der Waals surface area contributed by atoms with Crippen LogP contribution in [-0.4, -0.2) is 67.3 Å². The number of H-pyrrole nitrogens is 1. The first-order valence-electron chi connectivity index (χ1n) is 10.4. The van der Waals surface area contributed by atoms with Crippen LogP contribution in [0.1, 0.15) is 29.5 Å². The Morgan fingerprint density at radius 3 is 2.72 bits per heavy atom. The van der Waals surface area contributed by atoms with Crippen LogP contribution in [0, 0.1) is 0 Å². The molecule has 3 aromatic heterocycles. The van der Waals surface area contributed by atoms with E-state index in [2.05, 4.69) is 24.8 Å². The number of benzene rings is 1. The number of hydroxylamine groups is 2. The lowest BCUT2D eigenvalue weighted by Gasteiger charge is -2.33. The van der Waals surface area contributed by atoms with Gasteiger partial charge in [-0.3, -0.25) is 14.2 Å². The van der Waals surface area contributed by atoms with E-state index in [9.17, 15) is 9.59 Å². The van der Waals surface area contributed by atoms with Gasteiger partial charge in [0, 0.05) is 33.2 Å². The number of nitrogens with one attached hydrogen (secondary N) is 1. The van der Waals surface area contributed by atoms with Crippen molar-refractivity contribution in [2.24, 2.45) is 7.05 Å². The minimum Gasteiger partial charge on any atom is -0.355 e. The third kappa shape index (κ3) is 3.12. The molecule has 1 fully saturated rings. The van der Waals surface area contributed by atoms with Gasteiger partial charge in [0.05, 0.1) is 18.1 Å². The molecule has 1 N–H and O–H groups in total. The molecule has 0 bridgehead atoms. The van der Waals surface area contributed by atoms with E-state index >= 15 is 0 Å². The van der Waals surface area contributed by atoms with Crippen molar-refractivity contribution in [2.75, 3.05) is 32.1 Å². The summed E-state index contributed by atoms with van der Waals surface area (Å²) >= 11 is 0. The van der Waals surface area contributed by atoms with Gasteiger partial charge in [0.15, 0.2) is 17.0 Å². The first-order chi connectivity index (χ1) is 15.5. The number of carbonyl (C=O) groups is 1. The summed E-state index contributed by atoms with van der Waals surface area (Å²) in [5, 5.41) is 1.12. The Labute approximate surface area is 183 Å². The first kappa shape index (κ1) is 20.2. The van der Waals surface area contributed by atoms with Crippen LogP contribution in [0.3, 0.4) is 0 Å². The maximum atomic E-state index is 12.6. The molecule has 1 aliphatic heterocycles. The van der Waals surface area contributed by atoms with Gasteiger partial charge in [0.1, 0.15) is 6.33 Å². The molecule has 0 unspecified atom stereocenters. The number of anilines is 1.